The van der Waals surface area contributed by atoms with Gasteiger partial charge in [0, 0.05) is 17.5 Å². The molecular formula is C16H23BrO2. The summed E-state index contributed by atoms with van der Waals surface area (Å²) in [5.41, 5.74) is 2.58. The van der Waals surface area contributed by atoms with E-state index < -0.39 is 0 Å². The molecule has 1 aromatic rings. The molecular weight excluding hydrogens is 304 g/mol. The van der Waals surface area contributed by atoms with Gasteiger partial charge in [-0.25, -0.2) is 0 Å². The molecule has 0 amide bonds. The van der Waals surface area contributed by atoms with E-state index in [1.165, 1.54) is 30.4 Å². The van der Waals surface area contributed by atoms with Crippen molar-refractivity contribution in [1.82, 2.24) is 0 Å². The van der Waals surface area contributed by atoms with Crippen molar-refractivity contribution in [2.45, 2.75) is 50.0 Å². The lowest BCUT2D eigenvalue weighted by Gasteiger charge is -2.42. The van der Waals surface area contributed by atoms with Crippen LogP contribution in [0.4, 0.5) is 0 Å². The molecule has 0 spiro atoms. The van der Waals surface area contributed by atoms with E-state index in [1.807, 2.05) is 14.0 Å². The predicted molar refractivity (Wildman–Crippen MR) is 82.2 cm³/mol. The summed E-state index contributed by atoms with van der Waals surface area (Å²) in [6, 6.07) is 6.39. The molecule has 0 heterocycles. The maximum Gasteiger partial charge on any atom is 0.123 e. The van der Waals surface area contributed by atoms with Gasteiger partial charge in [0.1, 0.15) is 5.75 Å². The van der Waals surface area contributed by atoms with Gasteiger partial charge in [0.25, 0.3) is 0 Å². The summed E-state index contributed by atoms with van der Waals surface area (Å²) in [6.07, 6.45) is 4.62. The Bertz CT molecular complexity index is 421. The van der Waals surface area contributed by atoms with Crippen molar-refractivity contribution in [3.63, 3.8) is 0 Å². The smallest absolute Gasteiger partial charge is 0.123 e. The van der Waals surface area contributed by atoms with Crippen LogP contribution in [0, 0.1) is 6.92 Å². The topological polar surface area (TPSA) is 18.5 Å². The molecule has 1 aliphatic rings. The molecule has 2 rings (SSSR count). The number of hydrogen-bond acceptors (Lipinski definition) is 2. The number of alkyl halides is 1. The van der Waals surface area contributed by atoms with Gasteiger partial charge < -0.3 is 9.47 Å². The molecule has 0 aliphatic heterocycles. The van der Waals surface area contributed by atoms with E-state index in [0.29, 0.717) is 6.61 Å². The third kappa shape index (κ3) is 3.32. The molecule has 19 heavy (non-hydrogen) atoms. The van der Waals surface area contributed by atoms with Gasteiger partial charge in [-0.1, -0.05) is 33.6 Å². The zero-order valence-electron chi connectivity index (χ0n) is 12.0. The number of hydrogen-bond donors (Lipinski definition) is 0. The van der Waals surface area contributed by atoms with E-state index in [2.05, 4.69) is 41.1 Å². The van der Waals surface area contributed by atoms with Gasteiger partial charge in [-0.3, -0.25) is 0 Å². The van der Waals surface area contributed by atoms with E-state index in [1.54, 1.807) is 0 Å². The molecule has 1 fully saturated rings. The van der Waals surface area contributed by atoms with Crippen LogP contribution in [0.5, 0.6) is 5.75 Å². The molecule has 0 saturated heterocycles. The van der Waals surface area contributed by atoms with E-state index in [9.17, 15) is 0 Å². The van der Waals surface area contributed by atoms with Crippen LogP contribution in [0.25, 0.3) is 0 Å². The highest BCUT2D eigenvalue weighted by Gasteiger charge is 2.39. The molecule has 1 unspecified atom stereocenters. The summed E-state index contributed by atoms with van der Waals surface area (Å²) < 4.78 is 11.5. The Kier molecular flexibility index (Phi) is 4.91. The first-order chi connectivity index (χ1) is 9.10. The minimum Gasteiger partial charge on any atom is -0.494 e. The van der Waals surface area contributed by atoms with Crippen LogP contribution in [0.3, 0.4) is 0 Å². The van der Waals surface area contributed by atoms with Crippen molar-refractivity contribution in [2.75, 3.05) is 13.7 Å². The molecule has 0 bridgehead atoms. The minimum atomic E-state index is 0.0708. The Morgan fingerprint density at radius 3 is 2.63 bits per heavy atom. The Hall–Kier alpha value is -0.540. The lowest BCUT2D eigenvalue weighted by molar-refractivity contribution is -0.0773. The second-order valence-corrected chi connectivity index (χ2v) is 6.49. The Labute approximate surface area is 124 Å². The number of benzene rings is 1. The highest BCUT2D eigenvalue weighted by Crippen LogP contribution is 2.46. The van der Waals surface area contributed by atoms with Crippen molar-refractivity contribution in [1.29, 1.82) is 0 Å². The van der Waals surface area contributed by atoms with Crippen LogP contribution in [0.2, 0.25) is 0 Å². The van der Waals surface area contributed by atoms with Crippen LogP contribution in [0.1, 0.15) is 48.6 Å². The van der Waals surface area contributed by atoms with Crippen molar-refractivity contribution in [3.05, 3.63) is 29.3 Å². The van der Waals surface area contributed by atoms with Crippen molar-refractivity contribution in [2.24, 2.45) is 0 Å². The second kappa shape index (κ2) is 6.27. The van der Waals surface area contributed by atoms with Gasteiger partial charge in [-0.15, -0.1) is 0 Å². The van der Waals surface area contributed by atoms with Gasteiger partial charge in [0.05, 0.1) is 12.2 Å². The maximum absolute atomic E-state index is 5.74. The first-order valence-electron chi connectivity index (χ1n) is 7.03. The Morgan fingerprint density at radius 2 is 2.11 bits per heavy atom. The number of ether oxygens (including phenoxy) is 2. The highest BCUT2D eigenvalue weighted by molar-refractivity contribution is 9.09. The van der Waals surface area contributed by atoms with Gasteiger partial charge in [0.2, 0.25) is 0 Å². The number of aryl methyl sites for hydroxylation is 1. The zero-order chi connectivity index (χ0) is 13.9. The molecule has 1 atom stereocenters. The molecule has 1 saturated carbocycles. The molecule has 1 aromatic carbocycles. The molecule has 106 valence electrons. The van der Waals surface area contributed by atoms with Crippen LogP contribution in [-0.4, -0.2) is 19.3 Å². The van der Waals surface area contributed by atoms with Crippen molar-refractivity contribution < 1.29 is 9.47 Å². The molecule has 0 radical (unpaired) electrons. The Balaban J connectivity index is 2.17. The fourth-order valence-electron chi connectivity index (χ4n) is 2.70. The molecule has 2 nitrogen and oxygen atoms in total. The normalized spacial score (nSPS) is 18.7. The summed E-state index contributed by atoms with van der Waals surface area (Å²) >= 11 is 3.83. The zero-order valence-corrected chi connectivity index (χ0v) is 13.6. The van der Waals surface area contributed by atoms with E-state index >= 15 is 0 Å². The predicted octanol–water partition coefficient (Wildman–Crippen LogP) is 4.79. The largest absolute Gasteiger partial charge is 0.494 e. The van der Waals surface area contributed by atoms with Crippen LogP contribution in [0.15, 0.2) is 18.2 Å². The van der Waals surface area contributed by atoms with Crippen LogP contribution >= 0.6 is 15.9 Å². The summed E-state index contributed by atoms with van der Waals surface area (Å²) in [5.74, 6) is 0.987. The molecule has 3 heteroatoms. The fraction of sp³-hybridized carbons (Fsp3) is 0.625. The van der Waals surface area contributed by atoms with Crippen molar-refractivity contribution >= 4 is 15.9 Å². The average molecular weight is 327 g/mol. The first kappa shape index (κ1) is 14.9. The number of halogens is 1. The average Bonchev–Trinajstić information content (AvgIpc) is 2.36. The molecule has 1 aliphatic carbocycles. The van der Waals surface area contributed by atoms with E-state index in [4.69, 9.17) is 9.47 Å². The lowest BCUT2D eigenvalue weighted by atomic mass is 9.76. The summed E-state index contributed by atoms with van der Waals surface area (Å²) in [4.78, 5) is 0.286. The van der Waals surface area contributed by atoms with Gasteiger partial charge in [-0.05, 0) is 45.6 Å². The highest BCUT2D eigenvalue weighted by atomic mass is 79.9. The van der Waals surface area contributed by atoms with E-state index in [0.717, 1.165) is 12.2 Å². The molecule has 0 N–H and O–H groups in total. The maximum atomic E-state index is 5.74. The lowest BCUT2D eigenvalue weighted by Crippen LogP contribution is -2.39. The fourth-order valence-corrected chi connectivity index (χ4v) is 3.65. The third-order valence-electron chi connectivity index (χ3n) is 4.05. The minimum absolute atomic E-state index is 0.0708. The summed E-state index contributed by atoms with van der Waals surface area (Å²) in [6.45, 7) is 4.84. The van der Waals surface area contributed by atoms with Crippen molar-refractivity contribution in [3.8, 4) is 5.75 Å². The quantitative estimate of drug-likeness (QED) is 0.700. The number of methoxy groups -OCH3 is 1. The molecule has 0 aromatic heterocycles. The van der Waals surface area contributed by atoms with Gasteiger partial charge in [0.15, 0.2) is 0 Å². The summed E-state index contributed by atoms with van der Waals surface area (Å²) in [7, 11) is 1.83. The van der Waals surface area contributed by atoms with Gasteiger partial charge in [-0.2, -0.15) is 0 Å². The standard InChI is InChI=1S/C16H23BrO2/c1-4-19-15-7-6-12(2)10-13(15)14(17)11-16(18-3)8-5-9-16/h6-7,10,14H,4-5,8-9,11H2,1-3H3. The monoisotopic (exact) mass is 326 g/mol. The first-order valence-corrected chi connectivity index (χ1v) is 7.94. The van der Waals surface area contributed by atoms with Gasteiger partial charge >= 0.3 is 0 Å². The second-order valence-electron chi connectivity index (χ2n) is 5.39. The Morgan fingerprint density at radius 1 is 1.37 bits per heavy atom. The van der Waals surface area contributed by atoms with Crippen LogP contribution in [-0.2, 0) is 4.74 Å². The third-order valence-corrected chi connectivity index (χ3v) is 4.87. The van der Waals surface area contributed by atoms with E-state index in [-0.39, 0.29) is 10.4 Å². The number of rotatable bonds is 6. The SMILES string of the molecule is CCOc1ccc(C)cc1C(Br)CC1(OC)CCC1. The summed E-state index contributed by atoms with van der Waals surface area (Å²) in [5, 5.41) is 0. The van der Waals surface area contributed by atoms with Crippen LogP contribution < -0.4 is 4.74 Å².